The molecule has 0 heterocycles. The van der Waals surface area contributed by atoms with E-state index in [0.29, 0.717) is 0 Å². The van der Waals surface area contributed by atoms with Crippen LogP contribution in [0.15, 0.2) is 28.7 Å². The van der Waals surface area contributed by atoms with Crippen molar-refractivity contribution in [1.29, 1.82) is 0 Å². The minimum Gasteiger partial charge on any atom is -0.316 e. The lowest BCUT2D eigenvalue weighted by Gasteiger charge is -2.22. The molecule has 0 aliphatic heterocycles. The highest BCUT2D eigenvalue weighted by molar-refractivity contribution is 9.10. The highest BCUT2D eigenvalue weighted by atomic mass is 79.9. The fourth-order valence-corrected chi connectivity index (χ4v) is 3.03. The second kappa shape index (κ2) is 10.4. The van der Waals surface area contributed by atoms with Gasteiger partial charge in [0.1, 0.15) is 0 Å². The summed E-state index contributed by atoms with van der Waals surface area (Å²) < 4.78 is 1.17. The first kappa shape index (κ1) is 17.7. The number of rotatable bonds is 10. The molecule has 1 aromatic carbocycles. The van der Waals surface area contributed by atoms with Gasteiger partial charge in [0.25, 0.3) is 0 Å². The standard InChI is InChI=1S/C18H30BrN/c1-4-11-20-14-17(12-15(5-2)6-3)13-16-7-9-18(19)10-8-16/h7-10,15,17,20H,4-6,11-14H2,1-3H3. The maximum atomic E-state index is 3.61. The molecule has 114 valence electrons. The molecule has 0 bridgehead atoms. The van der Waals surface area contributed by atoms with Crippen molar-refractivity contribution in [3.63, 3.8) is 0 Å². The van der Waals surface area contributed by atoms with E-state index in [9.17, 15) is 0 Å². The molecule has 0 radical (unpaired) electrons. The molecule has 0 spiro atoms. The van der Waals surface area contributed by atoms with Crippen LogP contribution in [0.25, 0.3) is 0 Å². The molecule has 1 N–H and O–H groups in total. The lowest BCUT2D eigenvalue weighted by Crippen LogP contribution is -2.26. The molecule has 0 saturated carbocycles. The smallest absolute Gasteiger partial charge is 0.0175 e. The maximum Gasteiger partial charge on any atom is 0.0175 e. The Bertz CT molecular complexity index is 343. The largest absolute Gasteiger partial charge is 0.316 e. The average Bonchev–Trinajstić information content (AvgIpc) is 2.47. The summed E-state index contributed by atoms with van der Waals surface area (Å²) in [7, 11) is 0. The zero-order valence-electron chi connectivity index (χ0n) is 13.3. The van der Waals surface area contributed by atoms with Gasteiger partial charge < -0.3 is 5.32 Å². The third-order valence-corrected chi connectivity index (χ3v) is 4.65. The highest BCUT2D eigenvalue weighted by Gasteiger charge is 2.14. The lowest BCUT2D eigenvalue weighted by molar-refractivity contribution is 0.338. The van der Waals surface area contributed by atoms with Crippen LogP contribution in [0.3, 0.4) is 0 Å². The summed E-state index contributed by atoms with van der Waals surface area (Å²) in [6.45, 7) is 9.17. The molecule has 20 heavy (non-hydrogen) atoms. The molecule has 0 amide bonds. The van der Waals surface area contributed by atoms with E-state index in [1.165, 1.54) is 42.1 Å². The van der Waals surface area contributed by atoms with Crippen LogP contribution < -0.4 is 5.32 Å². The quantitative estimate of drug-likeness (QED) is 0.560. The molecule has 0 aliphatic rings. The zero-order valence-corrected chi connectivity index (χ0v) is 14.9. The van der Waals surface area contributed by atoms with E-state index in [1.54, 1.807) is 0 Å². The van der Waals surface area contributed by atoms with Gasteiger partial charge in [-0.25, -0.2) is 0 Å². The van der Waals surface area contributed by atoms with E-state index >= 15 is 0 Å². The van der Waals surface area contributed by atoms with Gasteiger partial charge in [-0.05, 0) is 61.9 Å². The van der Waals surface area contributed by atoms with Gasteiger partial charge in [-0.15, -0.1) is 0 Å². The van der Waals surface area contributed by atoms with E-state index in [1.807, 2.05) is 0 Å². The van der Waals surface area contributed by atoms with Crippen LogP contribution in [0.5, 0.6) is 0 Å². The lowest BCUT2D eigenvalue weighted by atomic mass is 9.86. The molecule has 1 rings (SSSR count). The number of nitrogens with one attached hydrogen (secondary N) is 1. The predicted octanol–water partition coefficient (Wildman–Crippen LogP) is 5.43. The predicted molar refractivity (Wildman–Crippen MR) is 93.2 cm³/mol. The van der Waals surface area contributed by atoms with Gasteiger partial charge in [-0.3, -0.25) is 0 Å². The van der Waals surface area contributed by atoms with Gasteiger partial charge >= 0.3 is 0 Å². The van der Waals surface area contributed by atoms with Gasteiger partial charge in [0.15, 0.2) is 0 Å². The van der Waals surface area contributed by atoms with Crippen LogP contribution in [0.1, 0.15) is 52.0 Å². The molecule has 1 unspecified atom stereocenters. The molecular weight excluding hydrogens is 310 g/mol. The molecule has 0 aliphatic carbocycles. The molecule has 0 aromatic heterocycles. The molecule has 1 nitrogen and oxygen atoms in total. The third-order valence-electron chi connectivity index (χ3n) is 4.12. The fourth-order valence-electron chi connectivity index (χ4n) is 2.77. The van der Waals surface area contributed by atoms with E-state index in [4.69, 9.17) is 0 Å². The van der Waals surface area contributed by atoms with Crippen molar-refractivity contribution in [3.05, 3.63) is 34.3 Å². The Balaban J connectivity index is 2.58. The Morgan fingerprint density at radius 3 is 2.20 bits per heavy atom. The van der Waals surface area contributed by atoms with Crippen LogP contribution in [0.4, 0.5) is 0 Å². The van der Waals surface area contributed by atoms with Gasteiger partial charge in [0.05, 0.1) is 0 Å². The van der Waals surface area contributed by atoms with E-state index in [-0.39, 0.29) is 0 Å². The summed E-state index contributed by atoms with van der Waals surface area (Å²) in [6.07, 6.45) is 6.37. The summed E-state index contributed by atoms with van der Waals surface area (Å²) >= 11 is 3.51. The highest BCUT2D eigenvalue weighted by Crippen LogP contribution is 2.22. The molecule has 0 saturated heterocycles. The van der Waals surface area contributed by atoms with Crippen molar-refractivity contribution in [2.45, 2.75) is 52.9 Å². The van der Waals surface area contributed by atoms with Crippen molar-refractivity contribution in [3.8, 4) is 0 Å². The van der Waals surface area contributed by atoms with Crippen molar-refractivity contribution in [1.82, 2.24) is 5.32 Å². The average molecular weight is 340 g/mol. The summed E-state index contributed by atoms with van der Waals surface area (Å²) in [6, 6.07) is 8.82. The Labute approximate surface area is 133 Å². The second-order valence-corrected chi connectivity index (χ2v) is 6.73. The second-order valence-electron chi connectivity index (χ2n) is 5.82. The van der Waals surface area contributed by atoms with Crippen LogP contribution in [0, 0.1) is 11.8 Å². The maximum absolute atomic E-state index is 3.61. The molecule has 1 atom stereocenters. The SMILES string of the molecule is CCCNCC(Cc1ccc(Br)cc1)CC(CC)CC. The fraction of sp³-hybridized carbons (Fsp3) is 0.667. The van der Waals surface area contributed by atoms with Crippen molar-refractivity contribution < 1.29 is 0 Å². The van der Waals surface area contributed by atoms with Gasteiger partial charge in [-0.1, -0.05) is 61.7 Å². The van der Waals surface area contributed by atoms with Gasteiger partial charge in [-0.2, -0.15) is 0 Å². The van der Waals surface area contributed by atoms with Crippen molar-refractivity contribution >= 4 is 15.9 Å². The van der Waals surface area contributed by atoms with E-state index in [2.05, 4.69) is 66.3 Å². The number of hydrogen-bond acceptors (Lipinski definition) is 1. The van der Waals surface area contributed by atoms with E-state index in [0.717, 1.165) is 24.9 Å². The van der Waals surface area contributed by atoms with Gasteiger partial charge in [0, 0.05) is 4.47 Å². The molecule has 2 heteroatoms. The minimum absolute atomic E-state index is 0.757. The van der Waals surface area contributed by atoms with Gasteiger partial charge in [0.2, 0.25) is 0 Å². The molecule has 1 aromatic rings. The first-order valence-corrected chi connectivity index (χ1v) is 8.93. The zero-order chi connectivity index (χ0) is 14.8. The molecular formula is C18H30BrN. The topological polar surface area (TPSA) is 12.0 Å². The summed E-state index contributed by atoms with van der Waals surface area (Å²) in [4.78, 5) is 0. The summed E-state index contributed by atoms with van der Waals surface area (Å²) in [5.74, 6) is 1.63. The Hall–Kier alpha value is -0.340. The monoisotopic (exact) mass is 339 g/mol. The summed E-state index contributed by atoms with van der Waals surface area (Å²) in [5.41, 5.74) is 1.46. The van der Waals surface area contributed by atoms with Crippen LogP contribution in [-0.4, -0.2) is 13.1 Å². The number of halogens is 1. The van der Waals surface area contributed by atoms with Crippen molar-refractivity contribution in [2.24, 2.45) is 11.8 Å². The molecule has 0 fully saturated rings. The van der Waals surface area contributed by atoms with Crippen molar-refractivity contribution in [2.75, 3.05) is 13.1 Å². The normalized spacial score (nSPS) is 12.8. The van der Waals surface area contributed by atoms with E-state index < -0.39 is 0 Å². The minimum atomic E-state index is 0.757. The van der Waals surface area contributed by atoms with Crippen LogP contribution in [-0.2, 0) is 6.42 Å². The Morgan fingerprint density at radius 2 is 1.65 bits per heavy atom. The number of hydrogen-bond donors (Lipinski definition) is 1. The van der Waals surface area contributed by atoms with Crippen LogP contribution in [0.2, 0.25) is 0 Å². The Kier molecular flexibility index (Phi) is 9.21. The first-order chi connectivity index (χ1) is 9.69. The third kappa shape index (κ3) is 6.90. The first-order valence-electron chi connectivity index (χ1n) is 8.14. The number of benzene rings is 1. The summed E-state index contributed by atoms with van der Waals surface area (Å²) in [5, 5.41) is 3.61. The van der Waals surface area contributed by atoms with Crippen LogP contribution >= 0.6 is 15.9 Å². The Morgan fingerprint density at radius 1 is 1.00 bits per heavy atom.